The number of likely N-dealkylation sites (tertiary alicyclic amines) is 1. The minimum Gasteiger partial charge on any atom is -0.410 e. The van der Waals surface area contributed by atoms with Crippen molar-refractivity contribution in [2.24, 2.45) is 5.92 Å². The molecular formula is C28H28Cl2FN5O3. The molecule has 204 valence electrons. The van der Waals surface area contributed by atoms with Crippen LogP contribution < -0.4 is 9.64 Å². The summed E-state index contributed by atoms with van der Waals surface area (Å²) in [5, 5.41) is 9.02. The molecule has 0 saturated carbocycles. The molecule has 0 bridgehead atoms. The lowest BCUT2D eigenvalue weighted by Crippen LogP contribution is -2.45. The lowest BCUT2D eigenvalue weighted by molar-refractivity contribution is -0.135. The number of carbonyl (C=O) groups excluding carboxylic acids is 2. The smallest absolute Gasteiger partial charge is 0.410 e. The number of hydrogen-bond donors (Lipinski definition) is 0. The molecule has 5 rings (SSSR count). The number of benzene rings is 2. The van der Waals surface area contributed by atoms with Crippen molar-refractivity contribution < 1.29 is 18.7 Å². The summed E-state index contributed by atoms with van der Waals surface area (Å²) >= 11 is 12.0. The fraction of sp³-hybridized carbons (Fsp3) is 0.357. The highest BCUT2D eigenvalue weighted by Gasteiger charge is 2.42. The monoisotopic (exact) mass is 571 g/mol. The maximum absolute atomic E-state index is 13.7. The van der Waals surface area contributed by atoms with Crippen LogP contribution in [0.1, 0.15) is 24.3 Å². The summed E-state index contributed by atoms with van der Waals surface area (Å²) in [6, 6.07) is 16.0. The van der Waals surface area contributed by atoms with E-state index in [4.69, 9.17) is 27.9 Å². The fourth-order valence-electron chi connectivity index (χ4n) is 5.30. The highest BCUT2D eigenvalue weighted by Crippen LogP contribution is 2.34. The van der Waals surface area contributed by atoms with Crippen LogP contribution >= 0.6 is 23.2 Å². The summed E-state index contributed by atoms with van der Waals surface area (Å²) in [6.45, 7) is 2.23. The van der Waals surface area contributed by atoms with E-state index in [-0.39, 0.29) is 29.5 Å². The Kier molecular flexibility index (Phi) is 8.18. The van der Waals surface area contributed by atoms with Crippen molar-refractivity contribution in [2.75, 3.05) is 38.1 Å². The number of carbonyl (C=O) groups is 2. The number of rotatable bonds is 5. The number of nitrogens with zero attached hydrogens (tertiary/aromatic N) is 5. The van der Waals surface area contributed by atoms with Gasteiger partial charge in [0.25, 0.3) is 0 Å². The second-order valence-electron chi connectivity index (χ2n) is 9.88. The number of anilines is 1. The first-order valence-corrected chi connectivity index (χ1v) is 13.5. The average molecular weight is 572 g/mol. The quantitative estimate of drug-likeness (QED) is 0.415. The minimum atomic E-state index is -0.572. The van der Waals surface area contributed by atoms with Crippen LogP contribution in [0, 0.1) is 11.7 Å². The molecule has 0 aliphatic carbocycles. The number of ether oxygens (including phenoxy) is 1. The van der Waals surface area contributed by atoms with Gasteiger partial charge in [-0.05, 0) is 66.9 Å². The van der Waals surface area contributed by atoms with Crippen molar-refractivity contribution in [3.05, 3.63) is 82.2 Å². The third kappa shape index (κ3) is 6.25. The number of halogens is 3. The molecule has 0 spiro atoms. The second-order valence-corrected chi connectivity index (χ2v) is 10.7. The largest absolute Gasteiger partial charge is 0.415 e. The van der Waals surface area contributed by atoms with Crippen molar-refractivity contribution in [1.29, 1.82) is 0 Å². The molecule has 2 unspecified atom stereocenters. The molecule has 2 aliphatic rings. The average Bonchev–Trinajstić information content (AvgIpc) is 3.40. The van der Waals surface area contributed by atoms with Gasteiger partial charge in [-0.25, -0.2) is 9.18 Å². The molecule has 2 atom stereocenters. The molecule has 0 radical (unpaired) electrons. The van der Waals surface area contributed by atoms with Crippen LogP contribution in [0.4, 0.5) is 15.0 Å². The van der Waals surface area contributed by atoms with Crippen molar-refractivity contribution in [3.8, 4) is 5.75 Å². The van der Waals surface area contributed by atoms with Crippen LogP contribution in [0.3, 0.4) is 0 Å². The van der Waals surface area contributed by atoms with Crippen LogP contribution in [0.5, 0.6) is 5.75 Å². The Hall–Kier alpha value is -3.43. The summed E-state index contributed by atoms with van der Waals surface area (Å²) in [7, 11) is 1.67. The van der Waals surface area contributed by atoms with Gasteiger partial charge in [-0.2, -0.15) is 0 Å². The number of aromatic nitrogens is 2. The van der Waals surface area contributed by atoms with Crippen LogP contribution in [-0.4, -0.2) is 71.3 Å². The molecule has 2 aromatic carbocycles. The molecule has 11 heteroatoms. The Morgan fingerprint density at radius 1 is 0.949 bits per heavy atom. The normalized spacial score (nSPS) is 19.7. The topological polar surface area (TPSA) is 78.9 Å². The summed E-state index contributed by atoms with van der Waals surface area (Å²) in [6.07, 6.45) is 0.814. The SMILES string of the molecule is CN(C(=O)Oc1ccc(F)cc1)C1CN(C(=O)C2CCN(c3ccc(Cl)nn3)CC2)CC1c1ccc(Cl)cc1. The molecule has 0 N–H and O–H groups in total. The van der Waals surface area contributed by atoms with Gasteiger partial charge >= 0.3 is 6.09 Å². The molecule has 2 aliphatic heterocycles. The Bertz CT molecular complexity index is 1300. The minimum absolute atomic E-state index is 0.0820. The Labute approximate surface area is 236 Å². The summed E-state index contributed by atoms with van der Waals surface area (Å²) < 4.78 is 18.8. The maximum atomic E-state index is 13.7. The zero-order valence-electron chi connectivity index (χ0n) is 21.3. The van der Waals surface area contributed by atoms with Crippen molar-refractivity contribution in [1.82, 2.24) is 20.0 Å². The number of hydrogen-bond acceptors (Lipinski definition) is 6. The van der Waals surface area contributed by atoms with Crippen LogP contribution in [0.25, 0.3) is 0 Å². The van der Waals surface area contributed by atoms with Crippen molar-refractivity contribution in [3.63, 3.8) is 0 Å². The number of amides is 2. The number of likely N-dealkylation sites (N-methyl/N-ethyl adjacent to an activating group) is 1. The Morgan fingerprint density at radius 2 is 1.64 bits per heavy atom. The van der Waals surface area contributed by atoms with Crippen molar-refractivity contribution in [2.45, 2.75) is 24.8 Å². The van der Waals surface area contributed by atoms with Gasteiger partial charge in [0.05, 0.1) is 6.04 Å². The van der Waals surface area contributed by atoms with E-state index >= 15 is 0 Å². The Morgan fingerprint density at radius 3 is 2.28 bits per heavy atom. The first-order valence-electron chi connectivity index (χ1n) is 12.8. The number of piperidine rings is 1. The fourth-order valence-corrected chi connectivity index (χ4v) is 5.53. The van der Waals surface area contributed by atoms with E-state index in [1.54, 1.807) is 13.1 Å². The highest BCUT2D eigenvalue weighted by atomic mass is 35.5. The molecule has 2 saturated heterocycles. The summed E-state index contributed by atoms with van der Waals surface area (Å²) in [5.41, 5.74) is 0.984. The van der Waals surface area contributed by atoms with Crippen LogP contribution in [-0.2, 0) is 4.79 Å². The van der Waals surface area contributed by atoms with Gasteiger partial charge in [-0.1, -0.05) is 35.3 Å². The van der Waals surface area contributed by atoms with Gasteiger partial charge in [-0.3, -0.25) is 4.79 Å². The van der Waals surface area contributed by atoms with Crippen LogP contribution in [0.2, 0.25) is 10.2 Å². The zero-order valence-corrected chi connectivity index (χ0v) is 22.9. The van der Waals surface area contributed by atoms with E-state index in [9.17, 15) is 14.0 Å². The summed E-state index contributed by atoms with van der Waals surface area (Å²) in [5.74, 6) is 0.417. The summed E-state index contributed by atoms with van der Waals surface area (Å²) in [4.78, 5) is 32.2. The molecule has 2 fully saturated rings. The van der Waals surface area contributed by atoms with Gasteiger partial charge in [0.1, 0.15) is 11.6 Å². The van der Waals surface area contributed by atoms with Gasteiger partial charge < -0.3 is 19.4 Å². The molecular weight excluding hydrogens is 544 g/mol. The lowest BCUT2D eigenvalue weighted by Gasteiger charge is -2.33. The predicted molar refractivity (Wildman–Crippen MR) is 147 cm³/mol. The third-order valence-corrected chi connectivity index (χ3v) is 7.94. The molecule has 39 heavy (non-hydrogen) atoms. The predicted octanol–water partition coefficient (Wildman–Crippen LogP) is 5.26. The Balaban J connectivity index is 1.28. The van der Waals surface area contributed by atoms with Gasteiger partial charge in [0, 0.05) is 50.1 Å². The zero-order chi connectivity index (χ0) is 27.5. The van der Waals surface area contributed by atoms with Gasteiger partial charge in [0.2, 0.25) is 5.91 Å². The van der Waals surface area contributed by atoms with Crippen LogP contribution in [0.15, 0.2) is 60.7 Å². The lowest BCUT2D eigenvalue weighted by atomic mass is 9.93. The molecule has 1 aromatic heterocycles. The standard InChI is InChI=1S/C28H28Cl2FN5O3/c1-34(28(38)39-22-8-6-21(31)7-9-22)24-17-36(16-23(24)18-2-4-20(29)5-3-18)27(37)19-12-14-35(15-13-19)26-11-10-25(30)32-33-26/h2-11,19,23-24H,12-17H2,1H3. The van der Waals surface area contributed by atoms with Crippen molar-refractivity contribution >= 4 is 41.0 Å². The van der Waals surface area contributed by atoms with E-state index in [1.165, 1.54) is 29.2 Å². The van der Waals surface area contributed by atoms with E-state index in [2.05, 4.69) is 15.1 Å². The molecule has 3 heterocycles. The van der Waals surface area contributed by atoms with E-state index < -0.39 is 11.9 Å². The molecule has 8 nitrogen and oxygen atoms in total. The van der Waals surface area contributed by atoms with Gasteiger partial charge in [-0.15, -0.1) is 10.2 Å². The third-order valence-electron chi connectivity index (χ3n) is 7.49. The first-order chi connectivity index (χ1) is 18.8. The first kappa shape index (κ1) is 27.1. The van der Waals surface area contributed by atoms with E-state index in [0.717, 1.165) is 11.4 Å². The van der Waals surface area contributed by atoms with E-state index in [0.29, 0.717) is 49.2 Å². The second kappa shape index (κ2) is 11.8. The van der Waals surface area contributed by atoms with E-state index in [1.807, 2.05) is 35.2 Å². The van der Waals surface area contributed by atoms with Gasteiger partial charge in [0.15, 0.2) is 11.0 Å². The molecule has 2 amide bonds. The maximum Gasteiger partial charge on any atom is 0.415 e. The highest BCUT2D eigenvalue weighted by molar-refractivity contribution is 6.30. The molecule has 3 aromatic rings.